The quantitative estimate of drug-likeness (QED) is 0.272. The minimum Gasteiger partial charge on any atom is -0.618 e. The third-order valence-electron chi connectivity index (χ3n) is 2.32. The smallest absolute Gasteiger partial charge is 0.298 e. The normalized spacial score (nSPS) is 11.0. The number of benzene rings is 2. The first-order valence-electron chi connectivity index (χ1n) is 5.36. The highest BCUT2D eigenvalue weighted by Gasteiger charge is 2.03. The predicted molar refractivity (Wildman–Crippen MR) is 68.0 cm³/mol. The molecule has 2 aromatic rings. The van der Waals surface area contributed by atoms with Crippen LogP contribution in [0.5, 0.6) is 5.75 Å². The van der Waals surface area contributed by atoms with Gasteiger partial charge in [0.05, 0.1) is 6.07 Å². The van der Waals surface area contributed by atoms with Crippen LogP contribution >= 0.6 is 0 Å². The Hall–Kier alpha value is -2.62. The molecule has 0 aliphatic carbocycles. The SMILES string of the molecule is O=COc1cccc(/[N+]([O-])=C/c2ccccc2)c1. The zero-order valence-corrected chi connectivity index (χ0v) is 9.52. The lowest BCUT2D eigenvalue weighted by atomic mass is 10.2. The maximum atomic E-state index is 11.9. The van der Waals surface area contributed by atoms with Crippen molar-refractivity contribution in [3.05, 3.63) is 65.4 Å². The minimum absolute atomic E-state index is 0.329. The van der Waals surface area contributed by atoms with E-state index in [1.165, 1.54) is 12.3 Å². The average molecular weight is 241 g/mol. The topological polar surface area (TPSA) is 52.4 Å². The summed E-state index contributed by atoms with van der Waals surface area (Å²) in [6, 6.07) is 15.6. The van der Waals surface area contributed by atoms with Gasteiger partial charge >= 0.3 is 0 Å². The Morgan fingerprint density at radius 1 is 1.06 bits per heavy atom. The zero-order valence-electron chi connectivity index (χ0n) is 9.52. The molecule has 2 aromatic carbocycles. The van der Waals surface area contributed by atoms with Crippen LogP contribution in [0.2, 0.25) is 0 Å². The molecule has 0 aromatic heterocycles. The molecular weight excluding hydrogens is 230 g/mol. The van der Waals surface area contributed by atoms with E-state index in [1.807, 2.05) is 30.3 Å². The maximum absolute atomic E-state index is 11.9. The van der Waals surface area contributed by atoms with Gasteiger partial charge in [-0.2, -0.15) is 4.74 Å². The standard InChI is InChI=1S/C14H11NO3/c16-11-18-14-8-4-7-13(9-14)15(17)10-12-5-2-1-3-6-12/h1-11H/b15-10-. The Morgan fingerprint density at radius 2 is 1.83 bits per heavy atom. The first kappa shape index (κ1) is 11.9. The van der Waals surface area contributed by atoms with Gasteiger partial charge < -0.3 is 9.94 Å². The minimum atomic E-state index is 0.329. The van der Waals surface area contributed by atoms with Crippen molar-refractivity contribution in [3.63, 3.8) is 0 Å². The van der Waals surface area contributed by atoms with Crippen LogP contribution in [0.4, 0.5) is 5.69 Å². The Kier molecular flexibility index (Phi) is 3.71. The summed E-state index contributed by atoms with van der Waals surface area (Å²) in [5.41, 5.74) is 1.20. The summed E-state index contributed by atoms with van der Waals surface area (Å²) in [6.45, 7) is 0.329. The van der Waals surface area contributed by atoms with Gasteiger partial charge in [0.1, 0.15) is 5.75 Å². The second-order valence-corrected chi connectivity index (χ2v) is 3.58. The molecule has 4 heteroatoms. The third kappa shape index (κ3) is 2.95. The summed E-state index contributed by atoms with van der Waals surface area (Å²) in [7, 11) is 0. The van der Waals surface area contributed by atoms with Crippen LogP contribution in [-0.2, 0) is 4.79 Å². The van der Waals surface area contributed by atoms with Crippen LogP contribution in [0.15, 0.2) is 54.6 Å². The summed E-state index contributed by atoms with van der Waals surface area (Å²) in [6.07, 6.45) is 1.46. The van der Waals surface area contributed by atoms with Crippen LogP contribution in [0.25, 0.3) is 0 Å². The lowest BCUT2D eigenvalue weighted by Crippen LogP contribution is -1.99. The molecule has 0 atom stereocenters. The van der Waals surface area contributed by atoms with Crippen molar-refractivity contribution < 1.29 is 14.3 Å². The Morgan fingerprint density at radius 3 is 2.56 bits per heavy atom. The molecule has 0 amide bonds. The molecule has 0 saturated carbocycles. The largest absolute Gasteiger partial charge is 0.618 e. The molecule has 0 aliphatic rings. The van der Waals surface area contributed by atoms with Gasteiger partial charge in [-0.05, 0) is 18.2 Å². The molecule has 0 fully saturated rings. The van der Waals surface area contributed by atoms with Gasteiger partial charge in [0.15, 0.2) is 6.21 Å². The fourth-order valence-corrected chi connectivity index (χ4v) is 1.50. The van der Waals surface area contributed by atoms with Crippen LogP contribution in [0.3, 0.4) is 0 Å². The molecule has 4 nitrogen and oxygen atoms in total. The fraction of sp³-hybridized carbons (Fsp3) is 0. The van der Waals surface area contributed by atoms with Gasteiger partial charge in [-0.15, -0.1) is 0 Å². The second kappa shape index (κ2) is 5.63. The van der Waals surface area contributed by atoms with Gasteiger partial charge in [-0.25, -0.2) is 0 Å². The number of hydrogen-bond donors (Lipinski definition) is 0. The van der Waals surface area contributed by atoms with Crippen molar-refractivity contribution in [2.75, 3.05) is 0 Å². The monoisotopic (exact) mass is 241 g/mol. The molecule has 90 valence electrons. The Balaban J connectivity index is 2.28. The zero-order chi connectivity index (χ0) is 12.8. The van der Waals surface area contributed by atoms with E-state index in [0.717, 1.165) is 10.3 Å². The van der Waals surface area contributed by atoms with Gasteiger partial charge in [-0.1, -0.05) is 24.3 Å². The van der Waals surface area contributed by atoms with Crippen molar-refractivity contribution in [2.45, 2.75) is 0 Å². The van der Waals surface area contributed by atoms with E-state index in [0.29, 0.717) is 17.9 Å². The highest BCUT2D eigenvalue weighted by Crippen LogP contribution is 2.18. The Bertz CT molecular complexity index is 564. The number of carbonyl (C=O) groups is 1. The lowest BCUT2D eigenvalue weighted by molar-refractivity contribution is -0.354. The number of carbonyl (C=O) groups excluding carboxylic acids is 1. The van der Waals surface area contributed by atoms with Gasteiger partial charge in [0.25, 0.3) is 6.47 Å². The van der Waals surface area contributed by atoms with Crippen LogP contribution in [0.1, 0.15) is 5.56 Å². The number of nitrogens with zero attached hydrogens (tertiary/aromatic N) is 1. The summed E-state index contributed by atoms with van der Waals surface area (Å²) in [5, 5.41) is 11.9. The first-order valence-corrected chi connectivity index (χ1v) is 5.36. The molecule has 0 N–H and O–H groups in total. The molecule has 0 bridgehead atoms. The van der Waals surface area contributed by atoms with Gasteiger partial charge in [0, 0.05) is 11.6 Å². The van der Waals surface area contributed by atoms with Crippen molar-refractivity contribution in [3.8, 4) is 5.75 Å². The lowest BCUT2D eigenvalue weighted by Gasteiger charge is -2.04. The van der Waals surface area contributed by atoms with E-state index >= 15 is 0 Å². The number of hydrogen-bond acceptors (Lipinski definition) is 3. The van der Waals surface area contributed by atoms with E-state index in [9.17, 15) is 10.0 Å². The molecule has 0 unspecified atom stereocenters. The van der Waals surface area contributed by atoms with Crippen LogP contribution < -0.4 is 4.74 Å². The van der Waals surface area contributed by atoms with Crippen molar-refractivity contribution >= 4 is 18.4 Å². The molecule has 18 heavy (non-hydrogen) atoms. The van der Waals surface area contributed by atoms with Crippen LogP contribution in [0, 0.1) is 5.21 Å². The summed E-state index contributed by atoms with van der Waals surface area (Å²) in [4.78, 5) is 10.2. The molecule has 0 aliphatic heterocycles. The molecule has 0 radical (unpaired) electrons. The predicted octanol–water partition coefficient (Wildman–Crippen LogP) is 2.48. The van der Waals surface area contributed by atoms with E-state index in [2.05, 4.69) is 4.74 Å². The number of rotatable bonds is 4. The summed E-state index contributed by atoms with van der Waals surface area (Å²) >= 11 is 0. The van der Waals surface area contributed by atoms with E-state index < -0.39 is 0 Å². The number of ether oxygens (including phenoxy) is 1. The average Bonchev–Trinajstić information content (AvgIpc) is 2.40. The maximum Gasteiger partial charge on any atom is 0.298 e. The van der Waals surface area contributed by atoms with Gasteiger partial charge in [-0.3, -0.25) is 4.79 Å². The molecule has 2 rings (SSSR count). The van der Waals surface area contributed by atoms with Gasteiger partial charge in [0.2, 0.25) is 5.69 Å². The van der Waals surface area contributed by atoms with E-state index in [1.54, 1.807) is 18.2 Å². The molecule has 0 spiro atoms. The fourth-order valence-electron chi connectivity index (χ4n) is 1.50. The Labute approximate surface area is 104 Å². The van der Waals surface area contributed by atoms with E-state index in [-0.39, 0.29) is 0 Å². The highest BCUT2D eigenvalue weighted by molar-refractivity contribution is 5.76. The summed E-state index contributed by atoms with van der Waals surface area (Å²) in [5.74, 6) is 0.338. The molecular formula is C14H11NO3. The molecule has 0 heterocycles. The third-order valence-corrected chi connectivity index (χ3v) is 2.32. The highest BCUT2D eigenvalue weighted by atomic mass is 16.5. The van der Waals surface area contributed by atoms with Crippen molar-refractivity contribution in [1.82, 2.24) is 0 Å². The van der Waals surface area contributed by atoms with E-state index in [4.69, 9.17) is 0 Å². The van der Waals surface area contributed by atoms with Crippen molar-refractivity contribution in [1.29, 1.82) is 0 Å². The molecule has 0 saturated heterocycles. The van der Waals surface area contributed by atoms with Crippen LogP contribution in [-0.4, -0.2) is 17.4 Å². The summed E-state index contributed by atoms with van der Waals surface area (Å²) < 4.78 is 5.42. The second-order valence-electron chi connectivity index (χ2n) is 3.58. The van der Waals surface area contributed by atoms with Crippen molar-refractivity contribution in [2.24, 2.45) is 0 Å². The first-order chi connectivity index (χ1) is 8.79.